The van der Waals surface area contributed by atoms with E-state index in [2.05, 4.69) is 32.6 Å². The van der Waals surface area contributed by atoms with Gasteiger partial charge in [-0.1, -0.05) is 24.3 Å². The molecule has 0 radical (unpaired) electrons. The number of hydrogen-bond donors (Lipinski definition) is 1. The highest BCUT2D eigenvalue weighted by Gasteiger charge is 2.13. The summed E-state index contributed by atoms with van der Waals surface area (Å²) >= 11 is 2.13. The van der Waals surface area contributed by atoms with Crippen molar-refractivity contribution in [2.24, 2.45) is 0 Å². The number of methoxy groups -OCH3 is 2. The molecule has 0 unspecified atom stereocenters. The average molecular weight is 385 g/mol. The Morgan fingerprint density at radius 2 is 1.80 bits per heavy atom. The number of halogens is 1. The van der Waals surface area contributed by atoms with Crippen LogP contribution in [-0.2, 0) is 22.7 Å². The van der Waals surface area contributed by atoms with Crippen LogP contribution in [-0.4, -0.2) is 24.2 Å². The molecule has 1 aromatic carbocycles. The van der Waals surface area contributed by atoms with Crippen molar-refractivity contribution in [2.45, 2.75) is 13.2 Å². The zero-order valence-electron chi connectivity index (χ0n) is 11.4. The minimum atomic E-state index is 0.407. The molecule has 20 heavy (non-hydrogen) atoms. The summed E-state index contributed by atoms with van der Waals surface area (Å²) in [6.07, 6.45) is 0. The van der Waals surface area contributed by atoms with Gasteiger partial charge in [-0.25, -0.2) is 9.97 Å². The number of hydrogen-bond acceptors (Lipinski definition) is 5. The quantitative estimate of drug-likeness (QED) is 0.802. The van der Waals surface area contributed by atoms with Crippen LogP contribution >= 0.6 is 22.6 Å². The third kappa shape index (κ3) is 3.25. The lowest BCUT2D eigenvalue weighted by molar-refractivity contribution is 0.181. The van der Waals surface area contributed by atoms with E-state index in [4.69, 9.17) is 15.2 Å². The third-order valence-electron chi connectivity index (χ3n) is 2.78. The smallest absolute Gasteiger partial charge is 0.162 e. The van der Waals surface area contributed by atoms with Crippen LogP contribution in [0.1, 0.15) is 11.3 Å². The van der Waals surface area contributed by atoms with Gasteiger partial charge in [-0.2, -0.15) is 0 Å². The van der Waals surface area contributed by atoms with Crippen LogP contribution in [0.3, 0.4) is 0 Å². The SMILES string of the molecule is COCc1ccccc1-c1nc(N)c(I)c(COC)n1. The number of ether oxygens (including phenoxy) is 2. The number of nitrogens with two attached hydrogens (primary N) is 1. The monoisotopic (exact) mass is 385 g/mol. The van der Waals surface area contributed by atoms with Crippen molar-refractivity contribution < 1.29 is 9.47 Å². The summed E-state index contributed by atoms with van der Waals surface area (Å²) in [5.41, 5.74) is 8.71. The summed E-state index contributed by atoms with van der Waals surface area (Å²) in [7, 11) is 3.29. The van der Waals surface area contributed by atoms with E-state index in [1.165, 1.54) is 0 Å². The number of anilines is 1. The van der Waals surface area contributed by atoms with Crippen molar-refractivity contribution in [2.75, 3.05) is 20.0 Å². The van der Waals surface area contributed by atoms with Gasteiger partial charge in [-0.3, -0.25) is 0 Å². The molecule has 2 N–H and O–H groups in total. The highest BCUT2D eigenvalue weighted by molar-refractivity contribution is 14.1. The summed E-state index contributed by atoms with van der Waals surface area (Å²) in [6.45, 7) is 0.912. The molecule has 2 aromatic rings. The van der Waals surface area contributed by atoms with E-state index in [9.17, 15) is 0 Å². The highest BCUT2D eigenvalue weighted by Crippen LogP contribution is 2.25. The highest BCUT2D eigenvalue weighted by atomic mass is 127. The van der Waals surface area contributed by atoms with Crippen LogP contribution in [0, 0.1) is 3.57 Å². The molecule has 5 nitrogen and oxygen atoms in total. The summed E-state index contributed by atoms with van der Waals surface area (Å²) in [4.78, 5) is 8.93. The van der Waals surface area contributed by atoms with Crippen LogP contribution in [0.4, 0.5) is 5.82 Å². The second-order valence-corrected chi connectivity index (χ2v) is 5.30. The fourth-order valence-electron chi connectivity index (χ4n) is 1.89. The first kappa shape index (κ1) is 15.1. The fraction of sp³-hybridized carbons (Fsp3) is 0.286. The van der Waals surface area contributed by atoms with Crippen LogP contribution < -0.4 is 5.73 Å². The van der Waals surface area contributed by atoms with Crippen LogP contribution in [0.25, 0.3) is 11.4 Å². The molecule has 106 valence electrons. The van der Waals surface area contributed by atoms with Gasteiger partial charge in [0.25, 0.3) is 0 Å². The Bertz CT molecular complexity index is 605. The predicted octanol–water partition coefficient (Wildman–Crippen LogP) is 2.62. The zero-order chi connectivity index (χ0) is 14.5. The van der Waals surface area contributed by atoms with Crippen LogP contribution in [0.5, 0.6) is 0 Å². The van der Waals surface area contributed by atoms with E-state index in [0.29, 0.717) is 24.9 Å². The molecule has 0 aliphatic carbocycles. The second kappa shape index (κ2) is 6.96. The molecule has 0 aliphatic heterocycles. The predicted molar refractivity (Wildman–Crippen MR) is 86.0 cm³/mol. The minimum absolute atomic E-state index is 0.407. The van der Waals surface area contributed by atoms with Crippen LogP contribution in [0.2, 0.25) is 0 Å². The van der Waals surface area contributed by atoms with Gasteiger partial charge in [-0.05, 0) is 28.2 Å². The third-order valence-corrected chi connectivity index (χ3v) is 3.96. The molecular formula is C14H16IN3O2. The Kier molecular flexibility index (Phi) is 5.27. The Morgan fingerprint density at radius 1 is 1.10 bits per heavy atom. The number of nitrogen functional groups attached to an aromatic ring is 1. The molecule has 0 atom stereocenters. The standard InChI is InChI=1S/C14H16IN3O2/c1-19-7-9-5-3-4-6-10(9)14-17-11(8-20-2)12(15)13(16)18-14/h3-6H,7-8H2,1-2H3,(H2,16,17,18). The summed E-state index contributed by atoms with van der Waals surface area (Å²) in [5, 5.41) is 0. The van der Waals surface area contributed by atoms with Crippen molar-refractivity contribution >= 4 is 28.4 Å². The van der Waals surface area contributed by atoms with Crippen molar-refractivity contribution in [3.63, 3.8) is 0 Å². The molecule has 0 aliphatic rings. The Hall–Kier alpha value is -1.25. The molecule has 0 saturated carbocycles. The van der Waals surface area contributed by atoms with Gasteiger partial charge in [0.1, 0.15) is 5.82 Å². The van der Waals surface area contributed by atoms with Gasteiger partial charge < -0.3 is 15.2 Å². The van der Waals surface area contributed by atoms with Crippen molar-refractivity contribution in [3.8, 4) is 11.4 Å². The van der Waals surface area contributed by atoms with E-state index in [1.54, 1.807) is 14.2 Å². The van der Waals surface area contributed by atoms with Crippen molar-refractivity contribution in [3.05, 3.63) is 39.1 Å². The maximum absolute atomic E-state index is 5.97. The Morgan fingerprint density at radius 3 is 2.50 bits per heavy atom. The van der Waals surface area contributed by atoms with E-state index in [-0.39, 0.29) is 0 Å². The normalized spacial score (nSPS) is 10.8. The lowest BCUT2D eigenvalue weighted by Gasteiger charge is -2.11. The molecule has 0 amide bonds. The Labute approximate surface area is 131 Å². The summed E-state index contributed by atoms with van der Waals surface area (Å²) in [5.74, 6) is 1.07. The molecule has 2 rings (SSSR count). The number of nitrogens with zero attached hydrogens (tertiary/aromatic N) is 2. The molecule has 0 bridgehead atoms. The first-order valence-corrected chi connectivity index (χ1v) is 7.13. The summed E-state index contributed by atoms with van der Waals surface area (Å²) < 4.78 is 11.2. The zero-order valence-corrected chi connectivity index (χ0v) is 13.5. The number of benzene rings is 1. The number of rotatable bonds is 5. The summed E-state index contributed by atoms with van der Waals surface area (Å²) in [6, 6.07) is 7.87. The number of aromatic nitrogens is 2. The van der Waals surface area contributed by atoms with Crippen molar-refractivity contribution in [1.82, 2.24) is 9.97 Å². The topological polar surface area (TPSA) is 70.3 Å². The molecule has 0 saturated heterocycles. The minimum Gasteiger partial charge on any atom is -0.383 e. The van der Waals surface area contributed by atoms with E-state index >= 15 is 0 Å². The van der Waals surface area contributed by atoms with Gasteiger partial charge in [0.15, 0.2) is 5.82 Å². The van der Waals surface area contributed by atoms with Crippen molar-refractivity contribution in [1.29, 1.82) is 0 Å². The van der Waals surface area contributed by atoms with E-state index in [0.717, 1.165) is 20.4 Å². The van der Waals surface area contributed by atoms with Gasteiger partial charge in [0, 0.05) is 19.8 Å². The average Bonchev–Trinajstić information content (AvgIpc) is 2.45. The lowest BCUT2D eigenvalue weighted by Crippen LogP contribution is -2.07. The molecule has 0 spiro atoms. The molecule has 1 aromatic heterocycles. The van der Waals surface area contributed by atoms with Gasteiger partial charge in [0.2, 0.25) is 0 Å². The van der Waals surface area contributed by atoms with Gasteiger partial charge in [-0.15, -0.1) is 0 Å². The maximum atomic E-state index is 5.97. The molecule has 6 heteroatoms. The fourth-order valence-corrected chi connectivity index (χ4v) is 2.28. The first-order valence-electron chi connectivity index (χ1n) is 6.05. The Balaban J connectivity index is 2.52. The van der Waals surface area contributed by atoms with Crippen LogP contribution in [0.15, 0.2) is 24.3 Å². The lowest BCUT2D eigenvalue weighted by atomic mass is 10.1. The largest absolute Gasteiger partial charge is 0.383 e. The molecular weight excluding hydrogens is 369 g/mol. The second-order valence-electron chi connectivity index (χ2n) is 4.22. The maximum Gasteiger partial charge on any atom is 0.162 e. The first-order chi connectivity index (χ1) is 9.67. The molecule has 0 fully saturated rings. The van der Waals surface area contributed by atoms with Gasteiger partial charge in [0.05, 0.1) is 22.5 Å². The van der Waals surface area contributed by atoms with Gasteiger partial charge >= 0.3 is 0 Å². The molecule has 1 heterocycles. The van der Waals surface area contributed by atoms with E-state index in [1.807, 2.05) is 24.3 Å². The van der Waals surface area contributed by atoms with E-state index < -0.39 is 0 Å².